The number of benzene rings is 1. The van der Waals surface area contributed by atoms with Crippen molar-refractivity contribution in [1.29, 1.82) is 0 Å². The van der Waals surface area contributed by atoms with Crippen LogP contribution in [0.15, 0.2) is 24.4 Å². The average molecular weight is 434 g/mol. The molecular weight excluding hydrogens is 413 g/mol. The van der Waals surface area contributed by atoms with Gasteiger partial charge in [-0.25, -0.2) is 9.37 Å². The minimum absolute atomic E-state index is 0.0617. The first kappa shape index (κ1) is 19.7. The Hall–Kier alpha value is -2.56. The molecule has 3 aromatic rings. The number of carbonyl (C=O) groups is 1. The van der Waals surface area contributed by atoms with Crippen molar-refractivity contribution in [1.82, 2.24) is 14.7 Å². The van der Waals surface area contributed by atoms with Crippen LogP contribution in [0.2, 0.25) is 0 Å². The van der Waals surface area contributed by atoms with Gasteiger partial charge in [-0.15, -0.1) is 0 Å². The summed E-state index contributed by atoms with van der Waals surface area (Å²) < 4.78 is 24.4. The lowest BCUT2D eigenvalue weighted by Gasteiger charge is -2.23. The number of amides is 1. The predicted octanol–water partition coefficient (Wildman–Crippen LogP) is 3.68. The molecule has 4 N–H and O–H groups in total. The molecule has 0 unspecified atom stereocenters. The molecule has 10 heteroatoms. The van der Waals surface area contributed by atoms with Crippen molar-refractivity contribution in [3.05, 3.63) is 41.5 Å². The van der Waals surface area contributed by atoms with Gasteiger partial charge in [-0.1, -0.05) is 23.5 Å². The van der Waals surface area contributed by atoms with Crippen LogP contribution < -0.4 is 21.1 Å². The molecule has 1 amide bonds. The van der Waals surface area contributed by atoms with E-state index in [2.05, 4.69) is 20.0 Å². The Morgan fingerprint density at radius 1 is 1.38 bits per heavy atom. The van der Waals surface area contributed by atoms with Crippen LogP contribution in [-0.2, 0) is 0 Å². The maximum atomic E-state index is 14.3. The summed E-state index contributed by atoms with van der Waals surface area (Å²) in [5.74, 6) is -0.875. The van der Waals surface area contributed by atoms with E-state index in [1.165, 1.54) is 17.6 Å². The van der Waals surface area contributed by atoms with E-state index in [1.807, 2.05) is 0 Å². The van der Waals surface area contributed by atoms with Crippen LogP contribution in [0.25, 0.3) is 10.6 Å². The number of nitrogens with zero attached hydrogens (tertiary/aromatic N) is 2. The zero-order valence-electron chi connectivity index (χ0n) is 15.7. The fourth-order valence-electron chi connectivity index (χ4n) is 3.15. The van der Waals surface area contributed by atoms with Gasteiger partial charge >= 0.3 is 0 Å². The number of nitrogen functional groups attached to an aromatic ring is 1. The van der Waals surface area contributed by atoms with E-state index < -0.39 is 11.7 Å². The molecule has 29 heavy (non-hydrogen) atoms. The third-order valence-corrected chi connectivity index (χ3v) is 6.24. The topological polar surface area (TPSA) is 102 Å². The second-order valence-electron chi connectivity index (χ2n) is 6.71. The van der Waals surface area contributed by atoms with Crippen LogP contribution in [-0.4, -0.2) is 34.5 Å². The number of aryl methyl sites for hydroxylation is 1. The van der Waals surface area contributed by atoms with Crippen molar-refractivity contribution in [3.8, 4) is 15.6 Å². The molecule has 7 nitrogen and oxygen atoms in total. The van der Waals surface area contributed by atoms with E-state index in [1.54, 1.807) is 25.3 Å². The molecule has 4 rings (SSSR count). The number of rotatable bonds is 5. The highest BCUT2D eigenvalue weighted by Crippen LogP contribution is 2.35. The van der Waals surface area contributed by atoms with Gasteiger partial charge in [0.1, 0.15) is 27.6 Å². The number of thiazole rings is 1. The lowest BCUT2D eigenvalue weighted by atomic mass is 10.1. The lowest BCUT2D eigenvalue weighted by Crippen LogP contribution is -2.34. The van der Waals surface area contributed by atoms with E-state index in [0.717, 1.165) is 42.8 Å². The van der Waals surface area contributed by atoms with Crippen molar-refractivity contribution >= 4 is 39.5 Å². The van der Waals surface area contributed by atoms with Crippen LogP contribution in [0, 0.1) is 12.7 Å². The third-order valence-electron chi connectivity index (χ3n) is 4.65. The van der Waals surface area contributed by atoms with E-state index >= 15 is 0 Å². The van der Waals surface area contributed by atoms with Crippen LogP contribution in [0.4, 0.5) is 15.1 Å². The quantitative estimate of drug-likeness (QED) is 0.567. The molecule has 0 radical (unpaired) electrons. The summed E-state index contributed by atoms with van der Waals surface area (Å²) >= 11 is 2.27. The molecule has 1 aromatic carbocycles. The minimum atomic E-state index is -0.477. The van der Waals surface area contributed by atoms with E-state index in [0.29, 0.717) is 21.3 Å². The van der Waals surface area contributed by atoms with Gasteiger partial charge in [0.05, 0.1) is 6.20 Å². The zero-order valence-corrected chi connectivity index (χ0v) is 17.3. The Morgan fingerprint density at radius 2 is 2.17 bits per heavy atom. The number of carbonyl (C=O) groups excluding carboxylic acids is 1. The van der Waals surface area contributed by atoms with Crippen LogP contribution in [0.5, 0.6) is 5.06 Å². The number of halogens is 1. The Bertz CT molecular complexity index is 1010. The van der Waals surface area contributed by atoms with Crippen molar-refractivity contribution in [2.24, 2.45) is 0 Å². The first-order valence-corrected chi connectivity index (χ1v) is 10.8. The molecular formula is C19H20FN5O2S2. The number of ether oxygens (including phenoxy) is 1. The highest BCUT2D eigenvalue weighted by Gasteiger charge is 2.23. The third kappa shape index (κ3) is 4.24. The Balaban J connectivity index is 1.53. The smallest absolute Gasteiger partial charge is 0.277 e. The Kier molecular flexibility index (Phi) is 5.74. The number of nitrogens with one attached hydrogen (secondary N) is 2. The van der Waals surface area contributed by atoms with E-state index in [-0.39, 0.29) is 16.8 Å². The van der Waals surface area contributed by atoms with Crippen molar-refractivity contribution in [2.75, 3.05) is 24.1 Å². The number of hydrogen-bond donors (Lipinski definition) is 3. The first-order chi connectivity index (χ1) is 14.0. The molecule has 3 heterocycles. The molecule has 0 spiro atoms. The van der Waals surface area contributed by atoms with Gasteiger partial charge in [0.2, 0.25) is 5.06 Å². The van der Waals surface area contributed by atoms with Gasteiger partial charge in [-0.2, -0.15) is 4.37 Å². The zero-order chi connectivity index (χ0) is 20.4. The van der Waals surface area contributed by atoms with Gasteiger partial charge < -0.3 is 21.1 Å². The van der Waals surface area contributed by atoms with Gasteiger partial charge in [0.25, 0.3) is 5.91 Å². The molecule has 1 fully saturated rings. The second kappa shape index (κ2) is 8.44. The molecule has 152 valence electrons. The van der Waals surface area contributed by atoms with Gasteiger partial charge in [0.15, 0.2) is 5.69 Å². The SMILES string of the molecule is Cc1cccc(F)c1-c1nc(C(=O)Nc2cnsc2OC2CCNCC2)c(N)s1. The summed E-state index contributed by atoms with van der Waals surface area (Å²) in [6, 6.07) is 4.78. The van der Waals surface area contributed by atoms with Crippen LogP contribution >= 0.6 is 22.9 Å². The molecule has 0 bridgehead atoms. The first-order valence-electron chi connectivity index (χ1n) is 9.18. The normalized spacial score (nSPS) is 14.7. The molecule has 2 aromatic heterocycles. The number of hydrogen-bond acceptors (Lipinski definition) is 8. The molecule has 1 saturated heterocycles. The van der Waals surface area contributed by atoms with E-state index in [9.17, 15) is 9.18 Å². The van der Waals surface area contributed by atoms with E-state index in [4.69, 9.17) is 10.5 Å². The molecule has 1 aliphatic heterocycles. The second-order valence-corrected chi connectivity index (χ2v) is 8.51. The maximum Gasteiger partial charge on any atom is 0.277 e. The lowest BCUT2D eigenvalue weighted by molar-refractivity contribution is 0.102. The number of piperidine rings is 1. The number of nitrogens with two attached hydrogens (primary N) is 1. The standard InChI is InChI=1S/C19H20FN5O2S2/c1-10-3-2-4-12(20)14(10)18-25-15(16(21)28-18)17(26)24-13-9-23-29-19(13)27-11-5-7-22-8-6-11/h2-4,9,11,22H,5-8,21H2,1H3,(H,24,26). The van der Waals surface area contributed by atoms with Crippen LogP contribution in [0.3, 0.4) is 0 Å². The summed E-state index contributed by atoms with van der Waals surface area (Å²) in [6.45, 7) is 3.59. The van der Waals surface area contributed by atoms with Crippen molar-refractivity contribution < 1.29 is 13.9 Å². The monoisotopic (exact) mass is 433 g/mol. The largest absolute Gasteiger partial charge is 0.478 e. The summed E-state index contributed by atoms with van der Waals surface area (Å²) in [5.41, 5.74) is 7.64. The van der Waals surface area contributed by atoms with Crippen LogP contribution in [0.1, 0.15) is 28.9 Å². The predicted molar refractivity (Wildman–Crippen MR) is 113 cm³/mol. The fraction of sp³-hybridized carbons (Fsp3) is 0.316. The summed E-state index contributed by atoms with van der Waals surface area (Å²) in [5, 5.41) is 7.21. The average Bonchev–Trinajstić information content (AvgIpc) is 3.29. The van der Waals surface area contributed by atoms with Gasteiger partial charge in [0, 0.05) is 17.1 Å². The number of anilines is 2. The summed E-state index contributed by atoms with van der Waals surface area (Å²) in [6.07, 6.45) is 3.43. The summed E-state index contributed by atoms with van der Waals surface area (Å²) in [7, 11) is 0. The highest BCUT2D eigenvalue weighted by molar-refractivity contribution is 7.19. The summed E-state index contributed by atoms with van der Waals surface area (Å²) in [4.78, 5) is 17.1. The highest BCUT2D eigenvalue weighted by atomic mass is 32.1. The van der Waals surface area contributed by atoms with Gasteiger partial charge in [-0.05, 0) is 44.5 Å². The fourth-order valence-corrected chi connectivity index (χ4v) is 4.72. The number of aromatic nitrogens is 2. The molecule has 0 saturated carbocycles. The Morgan fingerprint density at radius 3 is 2.93 bits per heavy atom. The molecule has 0 aliphatic carbocycles. The van der Waals surface area contributed by atoms with Crippen molar-refractivity contribution in [3.63, 3.8) is 0 Å². The maximum absolute atomic E-state index is 14.3. The Labute approximate surface area is 175 Å². The van der Waals surface area contributed by atoms with Crippen molar-refractivity contribution in [2.45, 2.75) is 25.9 Å². The molecule has 0 atom stereocenters. The minimum Gasteiger partial charge on any atom is -0.478 e. The molecule has 1 aliphatic rings. The van der Waals surface area contributed by atoms with Gasteiger partial charge in [-0.3, -0.25) is 4.79 Å².